The molecule has 0 aromatic carbocycles. The third-order valence-corrected chi connectivity index (χ3v) is 1.92. The van der Waals surface area contributed by atoms with E-state index in [9.17, 15) is 8.42 Å². The fourth-order valence-corrected chi connectivity index (χ4v) is 1.06. The molecule has 1 aromatic rings. The van der Waals surface area contributed by atoms with Crippen LogP contribution in [0.15, 0.2) is 28.5 Å². The van der Waals surface area contributed by atoms with Gasteiger partial charge in [0, 0.05) is 11.1 Å². The Morgan fingerprint density at radius 3 is 2.62 bits per heavy atom. The maximum absolute atomic E-state index is 10.5. The normalized spacial score (nSPS) is 10.5. The van der Waals surface area contributed by atoms with Gasteiger partial charge in [-0.25, -0.2) is 4.98 Å². The quantitative estimate of drug-likeness (QED) is 0.334. The van der Waals surface area contributed by atoms with E-state index >= 15 is 0 Å². The van der Waals surface area contributed by atoms with E-state index in [2.05, 4.69) is 15.0 Å². The van der Waals surface area contributed by atoms with Gasteiger partial charge >= 0.3 is 10.1 Å². The van der Waals surface area contributed by atoms with Gasteiger partial charge in [-0.05, 0) is 17.7 Å². The number of hydrogen-bond donors (Lipinski definition) is 1. The Balaban J connectivity index is 3.15. The van der Waals surface area contributed by atoms with E-state index in [0.29, 0.717) is 0 Å². The molecule has 0 spiro atoms. The molecule has 13 heavy (non-hydrogen) atoms. The molecule has 0 bridgehead atoms. The van der Waals surface area contributed by atoms with Crippen LogP contribution in [-0.4, -0.2) is 18.0 Å². The maximum Gasteiger partial charge on any atom is 0.312 e. The van der Waals surface area contributed by atoms with Crippen molar-refractivity contribution in [3.63, 3.8) is 0 Å². The standard InChI is InChI=1S/C5H4N4O3S/c6-9-8-4-1-2-5(7-3-4)13(10,11)12/h1-3H,(H,10,11,12). The molecule has 68 valence electrons. The molecular formula is C5H4N4O3S. The van der Waals surface area contributed by atoms with Gasteiger partial charge in [0.25, 0.3) is 0 Å². The number of pyridine rings is 1. The molecule has 0 atom stereocenters. The number of azide groups is 1. The van der Waals surface area contributed by atoms with Crippen molar-refractivity contribution in [2.45, 2.75) is 5.03 Å². The van der Waals surface area contributed by atoms with Gasteiger partial charge in [-0.3, -0.25) is 4.55 Å². The predicted molar refractivity (Wildman–Crippen MR) is 42.9 cm³/mol. The first kappa shape index (κ1) is 9.46. The molecule has 0 saturated heterocycles. The second-order valence-electron chi connectivity index (χ2n) is 2.02. The van der Waals surface area contributed by atoms with Crippen LogP contribution >= 0.6 is 0 Å². The van der Waals surface area contributed by atoms with Gasteiger partial charge in [-0.1, -0.05) is 5.11 Å². The smallest absolute Gasteiger partial charge is 0.281 e. The molecule has 7 nitrogen and oxygen atoms in total. The molecule has 8 heteroatoms. The van der Waals surface area contributed by atoms with Crippen molar-refractivity contribution < 1.29 is 13.0 Å². The Hall–Kier alpha value is -1.63. The van der Waals surface area contributed by atoms with Crippen LogP contribution in [0.2, 0.25) is 0 Å². The highest BCUT2D eigenvalue weighted by Crippen LogP contribution is 2.12. The monoisotopic (exact) mass is 200 g/mol. The van der Waals surface area contributed by atoms with Crippen LogP contribution in [0.3, 0.4) is 0 Å². The highest BCUT2D eigenvalue weighted by atomic mass is 32.2. The molecule has 0 amide bonds. The van der Waals surface area contributed by atoms with Gasteiger partial charge in [-0.15, -0.1) is 0 Å². The molecule has 0 saturated carbocycles. The summed E-state index contributed by atoms with van der Waals surface area (Å²) in [5.74, 6) is 0. The summed E-state index contributed by atoms with van der Waals surface area (Å²) in [6.45, 7) is 0. The first-order chi connectivity index (χ1) is 6.04. The summed E-state index contributed by atoms with van der Waals surface area (Å²) in [7, 11) is -4.28. The van der Waals surface area contributed by atoms with Crippen LogP contribution in [0.5, 0.6) is 0 Å². The van der Waals surface area contributed by atoms with Crippen molar-refractivity contribution in [3.05, 3.63) is 28.8 Å². The van der Waals surface area contributed by atoms with E-state index in [4.69, 9.17) is 10.1 Å². The van der Waals surface area contributed by atoms with E-state index in [0.717, 1.165) is 12.3 Å². The number of aromatic nitrogens is 1. The minimum absolute atomic E-state index is 0.176. The lowest BCUT2D eigenvalue weighted by atomic mass is 10.4. The zero-order valence-electron chi connectivity index (χ0n) is 6.19. The lowest BCUT2D eigenvalue weighted by Gasteiger charge is -1.94. The summed E-state index contributed by atoms with van der Waals surface area (Å²) in [5.41, 5.74) is 8.19. The van der Waals surface area contributed by atoms with Crippen molar-refractivity contribution in [2.24, 2.45) is 5.11 Å². The van der Waals surface area contributed by atoms with Crippen LogP contribution in [0, 0.1) is 0 Å². The van der Waals surface area contributed by atoms with Crippen LogP contribution in [0.25, 0.3) is 10.4 Å². The lowest BCUT2D eigenvalue weighted by molar-refractivity contribution is 0.479. The summed E-state index contributed by atoms with van der Waals surface area (Å²) < 4.78 is 29.5. The SMILES string of the molecule is [N-]=[N+]=Nc1ccc(S(=O)(=O)O)nc1. The van der Waals surface area contributed by atoms with E-state index in [-0.39, 0.29) is 5.69 Å². The number of nitrogens with zero attached hydrogens (tertiary/aromatic N) is 4. The van der Waals surface area contributed by atoms with Crippen LogP contribution in [0.1, 0.15) is 0 Å². The first-order valence-corrected chi connectivity index (χ1v) is 4.46. The molecule has 0 aliphatic heterocycles. The number of rotatable bonds is 2. The summed E-state index contributed by atoms with van der Waals surface area (Å²) >= 11 is 0. The zero-order valence-corrected chi connectivity index (χ0v) is 7.01. The summed E-state index contributed by atoms with van der Waals surface area (Å²) in [6.07, 6.45) is 1.04. The van der Waals surface area contributed by atoms with Crippen molar-refractivity contribution in [3.8, 4) is 0 Å². The predicted octanol–water partition coefficient (Wildman–Crippen LogP) is 1.27. The second-order valence-corrected chi connectivity index (χ2v) is 3.39. The minimum atomic E-state index is -4.28. The Morgan fingerprint density at radius 2 is 2.23 bits per heavy atom. The molecule has 0 aliphatic rings. The Labute approximate surface area is 73.4 Å². The molecule has 0 aliphatic carbocycles. The molecule has 1 aromatic heterocycles. The van der Waals surface area contributed by atoms with Gasteiger partial charge in [0.1, 0.15) is 0 Å². The van der Waals surface area contributed by atoms with Gasteiger partial charge < -0.3 is 0 Å². The summed E-state index contributed by atoms with van der Waals surface area (Å²) in [6, 6.07) is 2.27. The van der Waals surface area contributed by atoms with Crippen molar-refractivity contribution in [1.29, 1.82) is 0 Å². The summed E-state index contributed by atoms with van der Waals surface area (Å²) in [4.78, 5) is 5.84. The van der Waals surface area contributed by atoms with E-state index in [1.54, 1.807) is 0 Å². The van der Waals surface area contributed by atoms with Crippen molar-refractivity contribution in [1.82, 2.24) is 4.98 Å². The topological polar surface area (TPSA) is 116 Å². The third-order valence-electron chi connectivity index (χ3n) is 1.15. The van der Waals surface area contributed by atoms with Gasteiger partial charge in [-0.2, -0.15) is 8.42 Å². The zero-order chi connectivity index (χ0) is 9.90. The van der Waals surface area contributed by atoms with E-state index in [1.165, 1.54) is 6.07 Å². The fraction of sp³-hybridized carbons (Fsp3) is 0. The van der Waals surface area contributed by atoms with E-state index in [1.807, 2.05) is 0 Å². The largest absolute Gasteiger partial charge is 0.312 e. The Bertz CT molecular complexity index is 445. The molecule has 1 rings (SSSR count). The average Bonchev–Trinajstić information content (AvgIpc) is 2.04. The van der Waals surface area contributed by atoms with Crippen LogP contribution < -0.4 is 0 Å². The molecule has 1 heterocycles. The van der Waals surface area contributed by atoms with Gasteiger partial charge in [0.05, 0.1) is 5.69 Å². The molecular weight excluding hydrogens is 196 g/mol. The highest BCUT2D eigenvalue weighted by molar-refractivity contribution is 7.85. The molecule has 0 radical (unpaired) electrons. The highest BCUT2D eigenvalue weighted by Gasteiger charge is 2.09. The second kappa shape index (κ2) is 3.40. The molecule has 1 N–H and O–H groups in total. The minimum Gasteiger partial charge on any atom is -0.281 e. The Kier molecular flexibility index (Phi) is 2.47. The van der Waals surface area contributed by atoms with Crippen molar-refractivity contribution >= 4 is 15.8 Å². The third kappa shape index (κ3) is 2.41. The van der Waals surface area contributed by atoms with E-state index < -0.39 is 15.1 Å². The van der Waals surface area contributed by atoms with Gasteiger partial charge in [0.15, 0.2) is 5.03 Å². The fourth-order valence-electron chi connectivity index (χ4n) is 0.636. The molecule has 0 fully saturated rings. The lowest BCUT2D eigenvalue weighted by Crippen LogP contribution is -1.99. The van der Waals surface area contributed by atoms with Gasteiger partial charge in [0.2, 0.25) is 0 Å². The average molecular weight is 200 g/mol. The Morgan fingerprint density at radius 1 is 1.54 bits per heavy atom. The van der Waals surface area contributed by atoms with Crippen LogP contribution in [0.4, 0.5) is 5.69 Å². The van der Waals surface area contributed by atoms with Crippen molar-refractivity contribution in [2.75, 3.05) is 0 Å². The molecule has 0 unspecified atom stereocenters. The number of hydrogen-bond acceptors (Lipinski definition) is 4. The first-order valence-electron chi connectivity index (χ1n) is 3.02. The van der Waals surface area contributed by atoms with Crippen LogP contribution in [-0.2, 0) is 10.1 Å². The summed E-state index contributed by atoms with van der Waals surface area (Å²) in [5, 5.41) is 2.69. The maximum atomic E-state index is 10.5.